The van der Waals surface area contributed by atoms with Gasteiger partial charge >= 0.3 is 0 Å². The SMILES string of the molecule is c1ccc(-c2nc(-c3ccccc3)nc(-c3cc(-c4ccc5c(c4)sc4ccccc45)cc(-c4cc(-c5ccccc5)c5ccc6cc[nH]c6c5n4)c3)n2)cc1. The van der Waals surface area contributed by atoms with Crippen molar-refractivity contribution in [1.82, 2.24) is 24.9 Å². The molecule has 6 heteroatoms. The van der Waals surface area contributed by atoms with Crippen molar-refractivity contribution in [2.45, 2.75) is 0 Å². The van der Waals surface area contributed by atoms with Crippen LogP contribution in [0.2, 0.25) is 0 Å². The Bertz CT molecular complexity index is 3190. The minimum atomic E-state index is 0.597. The molecule has 4 aromatic heterocycles. The third-order valence-electron chi connectivity index (χ3n) is 10.5. The molecular weight excluding hydrogens is 703 g/mol. The number of thiophene rings is 1. The van der Waals surface area contributed by atoms with Crippen molar-refractivity contribution in [2.75, 3.05) is 0 Å². The van der Waals surface area contributed by atoms with Crippen molar-refractivity contribution in [1.29, 1.82) is 0 Å². The lowest BCUT2D eigenvalue weighted by Gasteiger charge is -2.14. The Morgan fingerprint density at radius 1 is 0.375 bits per heavy atom. The van der Waals surface area contributed by atoms with Crippen molar-refractivity contribution in [3.8, 4) is 67.7 Å². The molecule has 0 fully saturated rings. The quantitative estimate of drug-likeness (QED) is 0.185. The summed E-state index contributed by atoms with van der Waals surface area (Å²) in [6.07, 6.45) is 1.99. The minimum absolute atomic E-state index is 0.597. The van der Waals surface area contributed by atoms with E-state index in [2.05, 4.69) is 120 Å². The zero-order valence-electron chi connectivity index (χ0n) is 30.0. The van der Waals surface area contributed by atoms with Gasteiger partial charge in [0.1, 0.15) is 0 Å². The van der Waals surface area contributed by atoms with E-state index in [4.69, 9.17) is 19.9 Å². The molecule has 0 aliphatic carbocycles. The Labute approximate surface area is 326 Å². The van der Waals surface area contributed by atoms with E-state index < -0.39 is 0 Å². The predicted octanol–water partition coefficient (Wildman–Crippen LogP) is 13.3. The molecule has 1 N–H and O–H groups in total. The molecule has 0 spiro atoms. The lowest BCUT2D eigenvalue weighted by atomic mass is 9.94. The van der Waals surface area contributed by atoms with E-state index in [1.54, 1.807) is 0 Å². The van der Waals surface area contributed by atoms with Crippen LogP contribution in [0.4, 0.5) is 0 Å². The van der Waals surface area contributed by atoms with Crippen LogP contribution in [0.5, 0.6) is 0 Å². The molecule has 0 aliphatic rings. The maximum absolute atomic E-state index is 5.43. The molecule has 0 saturated heterocycles. The van der Waals surface area contributed by atoms with E-state index in [9.17, 15) is 0 Å². The van der Waals surface area contributed by atoms with Crippen molar-refractivity contribution >= 4 is 53.3 Å². The number of nitrogens with one attached hydrogen (secondary N) is 1. The van der Waals surface area contributed by atoms with Crippen molar-refractivity contribution in [3.63, 3.8) is 0 Å². The monoisotopic (exact) mass is 733 g/mol. The second kappa shape index (κ2) is 13.2. The van der Waals surface area contributed by atoms with Crippen LogP contribution in [0.3, 0.4) is 0 Å². The molecule has 0 atom stereocenters. The van der Waals surface area contributed by atoms with Gasteiger partial charge in [0.25, 0.3) is 0 Å². The van der Waals surface area contributed by atoms with Crippen molar-refractivity contribution < 1.29 is 0 Å². The molecule has 0 amide bonds. The highest BCUT2D eigenvalue weighted by Gasteiger charge is 2.18. The number of rotatable bonds is 6. The normalized spacial score (nSPS) is 11.6. The molecule has 11 rings (SSSR count). The van der Waals surface area contributed by atoms with Crippen LogP contribution in [-0.2, 0) is 0 Å². The molecule has 0 unspecified atom stereocenters. The van der Waals surface area contributed by atoms with Gasteiger partial charge in [-0.15, -0.1) is 11.3 Å². The van der Waals surface area contributed by atoms with Crippen molar-refractivity contribution in [2.24, 2.45) is 0 Å². The highest BCUT2D eigenvalue weighted by molar-refractivity contribution is 7.25. The fourth-order valence-electron chi connectivity index (χ4n) is 7.73. The van der Waals surface area contributed by atoms with Gasteiger partial charge in [-0.2, -0.15) is 0 Å². The molecule has 11 aromatic rings. The molecule has 7 aromatic carbocycles. The molecule has 0 bridgehead atoms. The molecule has 56 heavy (non-hydrogen) atoms. The zero-order valence-corrected chi connectivity index (χ0v) is 30.8. The van der Waals surface area contributed by atoms with Crippen molar-refractivity contribution in [3.05, 3.63) is 182 Å². The number of nitrogens with zero attached hydrogens (tertiary/aromatic N) is 4. The Kier molecular flexibility index (Phi) is 7.60. The largest absolute Gasteiger partial charge is 0.359 e. The number of aromatic amines is 1. The van der Waals surface area contributed by atoms with E-state index >= 15 is 0 Å². The first-order valence-corrected chi connectivity index (χ1v) is 19.4. The van der Waals surface area contributed by atoms with E-state index in [0.717, 1.165) is 72.0 Å². The maximum Gasteiger partial charge on any atom is 0.164 e. The lowest BCUT2D eigenvalue weighted by molar-refractivity contribution is 1.07. The average Bonchev–Trinajstić information content (AvgIpc) is 3.92. The van der Waals surface area contributed by atoms with Gasteiger partial charge < -0.3 is 4.98 Å². The fourth-order valence-corrected chi connectivity index (χ4v) is 8.88. The molecule has 0 aliphatic heterocycles. The molecular formula is C50H31N5S. The summed E-state index contributed by atoms with van der Waals surface area (Å²) in [5, 5.41) is 4.77. The van der Waals surface area contributed by atoms with Gasteiger partial charge in [-0.25, -0.2) is 19.9 Å². The van der Waals surface area contributed by atoms with E-state index in [-0.39, 0.29) is 0 Å². The number of fused-ring (bicyclic) bond motifs is 6. The number of aromatic nitrogens is 5. The van der Waals surface area contributed by atoms with Gasteiger partial charge in [-0.05, 0) is 64.7 Å². The Morgan fingerprint density at radius 2 is 0.964 bits per heavy atom. The van der Waals surface area contributed by atoms with Gasteiger partial charge in [-0.1, -0.05) is 133 Å². The first-order chi connectivity index (χ1) is 27.7. The van der Waals surface area contributed by atoms with Crippen LogP contribution in [-0.4, -0.2) is 24.9 Å². The average molecular weight is 734 g/mol. The van der Waals surface area contributed by atoms with Crippen LogP contribution in [0, 0.1) is 0 Å². The number of benzene rings is 7. The topological polar surface area (TPSA) is 67.3 Å². The first-order valence-electron chi connectivity index (χ1n) is 18.6. The smallest absolute Gasteiger partial charge is 0.164 e. The van der Waals surface area contributed by atoms with Crippen LogP contribution in [0.25, 0.3) is 110 Å². The Hall–Kier alpha value is -7.28. The van der Waals surface area contributed by atoms with Crippen LogP contribution >= 0.6 is 11.3 Å². The third kappa shape index (κ3) is 5.63. The summed E-state index contributed by atoms with van der Waals surface area (Å²) < 4.78 is 2.53. The van der Waals surface area contributed by atoms with E-state index in [1.165, 1.54) is 20.2 Å². The third-order valence-corrected chi connectivity index (χ3v) is 11.6. The molecule has 0 saturated carbocycles. The van der Waals surface area contributed by atoms with Gasteiger partial charge in [0.15, 0.2) is 17.5 Å². The summed E-state index contributed by atoms with van der Waals surface area (Å²) in [5.41, 5.74) is 11.0. The minimum Gasteiger partial charge on any atom is -0.359 e. The first kappa shape index (κ1) is 32.2. The van der Waals surface area contributed by atoms with Crippen LogP contribution in [0.15, 0.2) is 182 Å². The summed E-state index contributed by atoms with van der Waals surface area (Å²) in [6, 6.07) is 61.6. The summed E-state index contributed by atoms with van der Waals surface area (Å²) in [7, 11) is 0. The lowest BCUT2D eigenvalue weighted by Crippen LogP contribution is -2.00. The maximum atomic E-state index is 5.43. The number of hydrogen-bond donors (Lipinski definition) is 1. The van der Waals surface area contributed by atoms with Gasteiger partial charge in [0.05, 0.1) is 16.7 Å². The molecule has 262 valence electrons. The Balaban J connectivity index is 1.18. The standard InChI is InChI=1S/C50H31N5S/c1-4-12-31(13-5-1)42-30-43(52-47-41(42)23-20-32-24-25-51-46(32)47)37-26-36(35-21-22-40-39-18-10-11-19-44(39)56-45(40)29-35)27-38(28-37)50-54-48(33-14-6-2-7-15-33)53-49(55-50)34-16-8-3-9-17-34/h1-30,51H. The van der Waals surface area contributed by atoms with Crippen LogP contribution in [0.1, 0.15) is 0 Å². The van der Waals surface area contributed by atoms with E-state index in [1.807, 2.05) is 78.2 Å². The van der Waals surface area contributed by atoms with Gasteiger partial charge in [0.2, 0.25) is 0 Å². The number of H-pyrrole nitrogens is 1. The number of pyridine rings is 1. The van der Waals surface area contributed by atoms with Gasteiger partial charge in [-0.3, -0.25) is 0 Å². The van der Waals surface area contributed by atoms with Gasteiger partial charge in [0, 0.05) is 59.4 Å². The molecule has 5 nitrogen and oxygen atoms in total. The Morgan fingerprint density at radius 3 is 1.70 bits per heavy atom. The summed E-state index contributed by atoms with van der Waals surface area (Å²) in [5.74, 6) is 1.84. The summed E-state index contributed by atoms with van der Waals surface area (Å²) in [6.45, 7) is 0. The molecule has 0 radical (unpaired) electrons. The zero-order chi connectivity index (χ0) is 37.0. The fraction of sp³-hybridized carbons (Fsp3) is 0. The highest BCUT2D eigenvalue weighted by atomic mass is 32.1. The second-order valence-corrected chi connectivity index (χ2v) is 15.1. The second-order valence-electron chi connectivity index (χ2n) is 14.0. The highest BCUT2D eigenvalue weighted by Crippen LogP contribution is 2.40. The summed E-state index contributed by atoms with van der Waals surface area (Å²) >= 11 is 1.82. The predicted molar refractivity (Wildman–Crippen MR) is 232 cm³/mol. The van der Waals surface area contributed by atoms with Crippen LogP contribution < -0.4 is 0 Å². The molecule has 4 heterocycles. The number of hydrogen-bond acceptors (Lipinski definition) is 5. The summed E-state index contributed by atoms with van der Waals surface area (Å²) in [4.78, 5) is 24.2. The van der Waals surface area contributed by atoms with E-state index in [0.29, 0.717) is 17.5 Å².